The number of anilines is 2. The van der Waals surface area contributed by atoms with Crippen molar-refractivity contribution >= 4 is 23.4 Å². The van der Waals surface area contributed by atoms with Crippen LogP contribution < -0.4 is 5.32 Å². The number of ether oxygens (including phenoxy) is 1. The Morgan fingerprint density at radius 1 is 1.11 bits per heavy atom. The van der Waals surface area contributed by atoms with Gasteiger partial charge in [0.1, 0.15) is 5.82 Å². The second kappa shape index (κ2) is 8.64. The van der Waals surface area contributed by atoms with E-state index in [1.807, 2.05) is 11.0 Å². The summed E-state index contributed by atoms with van der Waals surface area (Å²) in [6.45, 7) is 6.42. The van der Waals surface area contributed by atoms with Crippen molar-refractivity contribution in [3.63, 3.8) is 0 Å². The number of likely N-dealkylation sites (N-methyl/N-ethyl adjacent to an activating group) is 1. The zero-order valence-corrected chi connectivity index (χ0v) is 15.6. The summed E-state index contributed by atoms with van der Waals surface area (Å²) in [4.78, 5) is 33.0. The first-order valence-electron chi connectivity index (χ1n) is 9.04. The largest absolute Gasteiger partial charge is 0.465 e. The lowest BCUT2D eigenvalue weighted by molar-refractivity contribution is 0.0600. The number of nitrogens with one attached hydrogen (secondary N) is 1. The summed E-state index contributed by atoms with van der Waals surface area (Å²) in [7, 11) is 1.35. The average molecular weight is 368 g/mol. The molecule has 1 aromatic carbocycles. The first-order chi connectivity index (χ1) is 13.1. The number of carbonyl (C=O) groups excluding carboxylic acids is 2. The molecule has 0 atom stereocenters. The number of rotatable bonds is 5. The van der Waals surface area contributed by atoms with Gasteiger partial charge in [0.2, 0.25) is 0 Å². The third-order valence-corrected chi connectivity index (χ3v) is 4.71. The van der Waals surface area contributed by atoms with Gasteiger partial charge in [-0.3, -0.25) is 4.79 Å². The highest BCUT2D eigenvalue weighted by molar-refractivity contribution is 5.96. The summed E-state index contributed by atoms with van der Waals surface area (Å²) in [5, 5.41) is 3.10. The van der Waals surface area contributed by atoms with Crippen LogP contribution in [0.4, 0.5) is 11.5 Å². The average Bonchev–Trinajstić information content (AvgIpc) is 2.73. The van der Waals surface area contributed by atoms with Crippen molar-refractivity contribution in [1.82, 2.24) is 14.8 Å². The number of hydrogen-bond donors (Lipinski definition) is 1. The Labute approximate surface area is 158 Å². The molecule has 2 heterocycles. The van der Waals surface area contributed by atoms with Gasteiger partial charge in [-0.15, -0.1) is 0 Å². The predicted molar refractivity (Wildman–Crippen MR) is 103 cm³/mol. The van der Waals surface area contributed by atoms with Gasteiger partial charge in [0.25, 0.3) is 5.91 Å². The first-order valence-corrected chi connectivity index (χ1v) is 9.04. The summed E-state index contributed by atoms with van der Waals surface area (Å²) in [6.07, 6.45) is 1.57. The maximum atomic E-state index is 12.6. The van der Waals surface area contributed by atoms with Crippen LogP contribution in [0.25, 0.3) is 0 Å². The smallest absolute Gasteiger partial charge is 0.339 e. The van der Waals surface area contributed by atoms with E-state index in [1.165, 1.54) is 7.11 Å². The Morgan fingerprint density at radius 2 is 1.85 bits per heavy atom. The molecule has 1 amide bonds. The van der Waals surface area contributed by atoms with Gasteiger partial charge < -0.3 is 19.9 Å². The number of nitrogens with zero attached hydrogens (tertiary/aromatic N) is 3. The molecular formula is C20H24N4O3. The molecule has 27 heavy (non-hydrogen) atoms. The van der Waals surface area contributed by atoms with E-state index in [1.54, 1.807) is 36.5 Å². The van der Waals surface area contributed by atoms with Gasteiger partial charge in [0, 0.05) is 32.4 Å². The third-order valence-electron chi connectivity index (χ3n) is 4.71. The molecular weight excluding hydrogens is 344 g/mol. The molecule has 1 fully saturated rings. The number of amides is 1. The van der Waals surface area contributed by atoms with Gasteiger partial charge in [0.05, 0.1) is 23.9 Å². The lowest BCUT2D eigenvalue weighted by Gasteiger charge is -2.34. The van der Waals surface area contributed by atoms with E-state index in [0.717, 1.165) is 32.7 Å². The number of piperazine rings is 1. The van der Waals surface area contributed by atoms with E-state index < -0.39 is 5.97 Å². The number of aromatic nitrogens is 1. The van der Waals surface area contributed by atoms with E-state index in [4.69, 9.17) is 4.74 Å². The summed E-state index contributed by atoms with van der Waals surface area (Å²) < 4.78 is 4.80. The van der Waals surface area contributed by atoms with Crippen molar-refractivity contribution in [3.05, 3.63) is 53.7 Å². The lowest BCUT2D eigenvalue weighted by Crippen LogP contribution is -2.48. The predicted octanol–water partition coefficient (Wildman–Crippen LogP) is 2.39. The quantitative estimate of drug-likeness (QED) is 0.817. The van der Waals surface area contributed by atoms with Crippen LogP contribution in [-0.2, 0) is 4.74 Å². The van der Waals surface area contributed by atoms with Crippen molar-refractivity contribution in [2.24, 2.45) is 0 Å². The van der Waals surface area contributed by atoms with Crippen LogP contribution in [0.1, 0.15) is 27.6 Å². The molecule has 1 aliphatic heterocycles. The molecule has 1 saturated heterocycles. The second-order valence-corrected chi connectivity index (χ2v) is 6.32. The SMILES string of the molecule is CCN1CCN(C(=O)c2ccc(Nc3ccccc3C(=O)OC)nc2)CC1. The number of hydrogen-bond acceptors (Lipinski definition) is 6. The Morgan fingerprint density at radius 3 is 2.48 bits per heavy atom. The van der Waals surface area contributed by atoms with E-state index in [2.05, 4.69) is 22.1 Å². The molecule has 7 nitrogen and oxygen atoms in total. The fourth-order valence-corrected chi connectivity index (χ4v) is 3.06. The summed E-state index contributed by atoms with van der Waals surface area (Å²) >= 11 is 0. The van der Waals surface area contributed by atoms with E-state index in [-0.39, 0.29) is 5.91 Å². The van der Waals surface area contributed by atoms with Crippen LogP contribution >= 0.6 is 0 Å². The van der Waals surface area contributed by atoms with Crippen molar-refractivity contribution in [3.8, 4) is 0 Å². The second-order valence-electron chi connectivity index (χ2n) is 6.32. The van der Waals surface area contributed by atoms with Gasteiger partial charge in [-0.25, -0.2) is 9.78 Å². The molecule has 0 unspecified atom stereocenters. The standard InChI is InChI=1S/C20H24N4O3/c1-3-23-10-12-24(13-11-23)19(25)15-8-9-18(21-14-15)22-17-7-5-4-6-16(17)20(26)27-2/h4-9,14H,3,10-13H2,1-2H3,(H,21,22). The molecule has 2 aromatic rings. The molecule has 1 aromatic heterocycles. The van der Waals surface area contributed by atoms with Crippen molar-refractivity contribution < 1.29 is 14.3 Å². The van der Waals surface area contributed by atoms with Gasteiger partial charge in [-0.2, -0.15) is 0 Å². The molecule has 0 aliphatic carbocycles. The number of carbonyl (C=O) groups is 2. The zero-order chi connectivity index (χ0) is 19.2. The van der Waals surface area contributed by atoms with Crippen molar-refractivity contribution in [2.75, 3.05) is 45.2 Å². The zero-order valence-electron chi connectivity index (χ0n) is 15.6. The van der Waals surface area contributed by atoms with E-state index >= 15 is 0 Å². The van der Waals surface area contributed by atoms with Crippen LogP contribution in [-0.4, -0.2) is 66.5 Å². The molecule has 0 bridgehead atoms. The molecule has 0 saturated carbocycles. The fourth-order valence-electron chi connectivity index (χ4n) is 3.06. The minimum absolute atomic E-state index is 0.000219. The lowest BCUT2D eigenvalue weighted by atomic mass is 10.1. The number of pyridine rings is 1. The molecule has 1 N–H and O–H groups in total. The minimum atomic E-state index is -0.420. The van der Waals surface area contributed by atoms with E-state index in [9.17, 15) is 9.59 Å². The van der Waals surface area contributed by atoms with Crippen molar-refractivity contribution in [1.29, 1.82) is 0 Å². The highest BCUT2D eigenvalue weighted by Crippen LogP contribution is 2.20. The van der Waals surface area contributed by atoms with Crippen LogP contribution in [0.15, 0.2) is 42.6 Å². The van der Waals surface area contributed by atoms with Crippen LogP contribution in [0, 0.1) is 0 Å². The van der Waals surface area contributed by atoms with Crippen LogP contribution in [0.5, 0.6) is 0 Å². The third kappa shape index (κ3) is 4.43. The Bertz CT molecular complexity index is 799. The van der Waals surface area contributed by atoms with E-state index in [0.29, 0.717) is 22.6 Å². The summed E-state index contributed by atoms with van der Waals surface area (Å²) in [6, 6.07) is 10.5. The van der Waals surface area contributed by atoms with Gasteiger partial charge in [-0.1, -0.05) is 19.1 Å². The van der Waals surface area contributed by atoms with Crippen molar-refractivity contribution in [2.45, 2.75) is 6.92 Å². The van der Waals surface area contributed by atoms with Gasteiger partial charge >= 0.3 is 5.97 Å². The maximum absolute atomic E-state index is 12.6. The first kappa shape index (κ1) is 18.8. The number of esters is 1. The Balaban J connectivity index is 1.68. The normalized spacial score (nSPS) is 14.7. The number of para-hydroxylation sites is 1. The molecule has 142 valence electrons. The van der Waals surface area contributed by atoms with Gasteiger partial charge in [-0.05, 0) is 30.8 Å². The van der Waals surface area contributed by atoms with Gasteiger partial charge in [0.15, 0.2) is 0 Å². The molecule has 0 spiro atoms. The summed E-state index contributed by atoms with van der Waals surface area (Å²) in [5.41, 5.74) is 1.59. The molecule has 7 heteroatoms. The van der Waals surface area contributed by atoms with Crippen LogP contribution in [0.2, 0.25) is 0 Å². The highest BCUT2D eigenvalue weighted by atomic mass is 16.5. The minimum Gasteiger partial charge on any atom is -0.465 e. The Hall–Kier alpha value is -2.93. The Kier molecular flexibility index (Phi) is 6.03. The molecule has 1 aliphatic rings. The number of benzene rings is 1. The molecule has 0 radical (unpaired) electrons. The summed E-state index contributed by atoms with van der Waals surface area (Å²) in [5.74, 6) is 0.134. The number of methoxy groups -OCH3 is 1. The topological polar surface area (TPSA) is 74.8 Å². The maximum Gasteiger partial charge on any atom is 0.339 e. The van der Waals surface area contributed by atoms with Crippen LogP contribution in [0.3, 0.4) is 0 Å². The molecule has 3 rings (SSSR count). The monoisotopic (exact) mass is 368 g/mol. The fraction of sp³-hybridized carbons (Fsp3) is 0.350. The highest BCUT2D eigenvalue weighted by Gasteiger charge is 2.21.